The number of benzene rings is 2. The van der Waals surface area contributed by atoms with Gasteiger partial charge in [-0.05, 0) is 73.9 Å². The molecule has 1 aliphatic rings. The molecule has 0 saturated carbocycles. The van der Waals surface area contributed by atoms with Gasteiger partial charge in [0.2, 0.25) is 0 Å². The number of aryl methyl sites for hydroxylation is 3. The van der Waals surface area contributed by atoms with Gasteiger partial charge in [-0.15, -0.1) is 0 Å². The van der Waals surface area contributed by atoms with Crippen LogP contribution in [0.25, 0.3) is 0 Å². The van der Waals surface area contributed by atoms with Gasteiger partial charge in [-0.3, -0.25) is 4.79 Å². The maximum atomic E-state index is 12.6. The number of nitrogens with zero attached hydrogens (tertiary/aromatic N) is 1. The van der Waals surface area contributed by atoms with Crippen LogP contribution in [0.15, 0.2) is 42.5 Å². The SMILES string of the molecule is CCC(C)C1CCN(CCC(F)(F)F)C1.CCc1ccccc1F.Cc1ccc(C)c(Cl)c1.O=CO. The lowest BCUT2D eigenvalue weighted by Gasteiger charge is -2.19. The van der Waals surface area contributed by atoms with Crippen molar-refractivity contribution in [1.29, 1.82) is 0 Å². The molecule has 0 radical (unpaired) electrons. The van der Waals surface area contributed by atoms with Gasteiger partial charge in [0.25, 0.3) is 6.47 Å². The van der Waals surface area contributed by atoms with Gasteiger partial charge in [-0.1, -0.05) is 69.1 Å². The standard InChI is InChI=1S/C11H20F3N.C8H9Cl.C8H9F.CH2O2/c1-3-9(2)10-4-6-15(8-10)7-5-11(12,13)14;1-6-3-4-7(2)8(9)5-6;1-2-7-5-3-4-6-8(7)9;2-1-3/h9-10H,3-8H2,1-2H3;3-5H,1-2H3;3-6H,2H2,1H3;1H,(H,2,3). The van der Waals surface area contributed by atoms with Crippen LogP contribution in [0.1, 0.15) is 56.7 Å². The Balaban J connectivity index is 0.000000505. The molecule has 3 nitrogen and oxygen atoms in total. The topological polar surface area (TPSA) is 40.5 Å². The molecule has 3 rings (SSSR count). The van der Waals surface area contributed by atoms with Crippen molar-refractivity contribution in [3.8, 4) is 0 Å². The first-order valence-electron chi connectivity index (χ1n) is 12.2. The van der Waals surface area contributed by atoms with Gasteiger partial charge >= 0.3 is 6.18 Å². The van der Waals surface area contributed by atoms with E-state index in [0.717, 1.165) is 48.5 Å². The van der Waals surface area contributed by atoms with Crippen LogP contribution in [-0.4, -0.2) is 42.3 Å². The molecule has 1 saturated heterocycles. The Bertz CT molecular complexity index is 877. The van der Waals surface area contributed by atoms with Gasteiger partial charge in [0.1, 0.15) is 5.82 Å². The van der Waals surface area contributed by atoms with E-state index in [9.17, 15) is 17.6 Å². The van der Waals surface area contributed by atoms with E-state index in [1.54, 1.807) is 12.1 Å². The van der Waals surface area contributed by atoms with Crippen LogP contribution in [0, 0.1) is 31.5 Å². The Morgan fingerprint density at radius 3 is 2.22 bits per heavy atom. The van der Waals surface area contributed by atoms with Crippen molar-refractivity contribution in [2.24, 2.45) is 11.8 Å². The maximum Gasteiger partial charge on any atom is 0.390 e. The molecule has 2 unspecified atom stereocenters. The number of likely N-dealkylation sites (tertiary alicyclic amines) is 1. The normalized spacial score (nSPS) is 15.9. The summed E-state index contributed by atoms with van der Waals surface area (Å²) < 4.78 is 48.6. The van der Waals surface area contributed by atoms with Crippen LogP contribution < -0.4 is 0 Å². The summed E-state index contributed by atoms with van der Waals surface area (Å²) in [5.41, 5.74) is 3.14. The molecule has 1 fully saturated rings. The van der Waals surface area contributed by atoms with Crippen LogP contribution >= 0.6 is 11.6 Å². The second kappa shape index (κ2) is 18.2. The zero-order valence-corrected chi connectivity index (χ0v) is 22.7. The molecule has 2 aromatic rings. The third-order valence-corrected chi connectivity index (χ3v) is 6.54. The van der Waals surface area contributed by atoms with Crippen molar-refractivity contribution in [3.05, 3.63) is 70.0 Å². The molecular formula is C28H40ClF4NO2. The fraction of sp³-hybridized carbons (Fsp3) is 0.536. The number of halogens is 5. The smallest absolute Gasteiger partial charge is 0.390 e. The number of rotatable bonds is 5. The van der Waals surface area contributed by atoms with Gasteiger partial charge in [0, 0.05) is 18.1 Å². The van der Waals surface area contributed by atoms with E-state index in [-0.39, 0.29) is 18.8 Å². The fourth-order valence-electron chi connectivity index (χ4n) is 3.63. The van der Waals surface area contributed by atoms with Crippen molar-refractivity contribution in [1.82, 2.24) is 4.90 Å². The molecule has 0 aromatic heterocycles. The first kappa shape index (κ1) is 33.9. The first-order chi connectivity index (χ1) is 16.9. The largest absolute Gasteiger partial charge is 0.483 e. The minimum absolute atomic E-state index is 0.0972. The Labute approximate surface area is 218 Å². The second-order valence-corrected chi connectivity index (χ2v) is 9.31. The quantitative estimate of drug-likeness (QED) is 0.310. The summed E-state index contributed by atoms with van der Waals surface area (Å²) in [4.78, 5) is 10.3. The highest BCUT2D eigenvalue weighted by molar-refractivity contribution is 6.31. The van der Waals surface area contributed by atoms with Crippen LogP contribution in [0.2, 0.25) is 5.02 Å². The number of hydrogen-bond donors (Lipinski definition) is 1. The zero-order valence-electron chi connectivity index (χ0n) is 21.9. The third kappa shape index (κ3) is 15.1. The van der Waals surface area contributed by atoms with E-state index >= 15 is 0 Å². The summed E-state index contributed by atoms with van der Waals surface area (Å²) in [6.07, 6.45) is -1.72. The number of alkyl halides is 3. The predicted octanol–water partition coefficient (Wildman–Crippen LogP) is 8.35. The highest BCUT2D eigenvalue weighted by atomic mass is 35.5. The molecule has 36 heavy (non-hydrogen) atoms. The van der Waals surface area contributed by atoms with Crippen LogP contribution in [-0.2, 0) is 11.2 Å². The molecule has 2 aromatic carbocycles. The third-order valence-electron chi connectivity index (χ3n) is 6.14. The summed E-state index contributed by atoms with van der Waals surface area (Å²) >= 11 is 5.81. The van der Waals surface area contributed by atoms with Gasteiger partial charge in [0.05, 0.1) is 6.42 Å². The van der Waals surface area contributed by atoms with Crippen molar-refractivity contribution in [2.45, 2.75) is 66.5 Å². The average molecular weight is 534 g/mol. The van der Waals surface area contributed by atoms with Crippen LogP contribution in [0.5, 0.6) is 0 Å². The van der Waals surface area contributed by atoms with E-state index in [4.69, 9.17) is 21.5 Å². The van der Waals surface area contributed by atoms with E-state index in [0.29, 0.717) is 11.8 Å². The monoisotopic (exact) mass is 533 g/mol. The molecule has 1 heterocycles. The first-order valence-corrected chi connectivity index (χ1v) is 12.6. The van der Waals surface area contributed by atoms with E-state index in [1.165, 1.54) is 11.6 Å². The van der Waals surface area contributed by atoms with E-state index in [1.807, 2.05) is 43.9 Å². The summed E-state index contributed by atoms with van der Waals surface area (Å²) in [5, 5.41) is 7.75. The molecule has 2 atom stereocenters. The van der Waals surface area contributed by atoms with Crippen LogP contribution in [0.4, 0.5) is 17.6 Å². The van der Waals surface area contributed by atoms with Crippen molar-refractivity contribution in [3.63, 3.8) is 0 Å². The lowest BCUT2D eigenvalue weighted by atomic mass is 9.91. The van der Waals surface area contributed by atoms with Crippen molar-refractivity contribution in [2.75, 3.05) is 19.6 Å². The Morgan fingerprint density at radius 2 is 1.78 bits per heavy atom. The van der Waals surface area contributed by atoms with Gasteiger partial charge in [-0.25, -0.2) is 4.39 Å². The molecule has 1 N–H and O–H groups in total. The minimum atomic E-state index is -4.01. The van der Waals surface area contributed by atoms with E-state index < -0.39 is 12.6 Å². The van der Waals surface area contributed by atoms with Gasteiger partial charge in [-0.2, -0.15) is 13.2 Å². The Hall–Kier alpha value is -2.12. The minimum Gasteiger partial charge on any atom is -0.483 e. The van der Waals surface area contributed by atoms with Crippen molar-refractivity contribution < 1.29 is 27.5 Å². The second-order valence-electron chi connectivity index (χ2n) is 8.90. The number of carbonyl (C=O) groups is 1. The molecule has 0 amide bonds. The molecular weight excluding hydrogens is 494 g/mol. The average Bonchev–Trinajstić information content (AvgIpc) is 3.30. The molecule has 1 aliphatic heterocycles. The van der Waals surface area contributed by atoms with Crippen molar-refractivity contribution >= 4 is 18.1 Å². The summed E-state index contributed by atoms with van der Waals surface area (Å²) in [5.74, 6) is 1.14. The maximum absolute atomic E-state index is 12.6. The fourth-order valence-corrected chi connectivity index (χ4v) is 3.87. The van der Waals surface area contributed by atoms with E-state index in [2.05, 4.69) is 19.9 Å². The predicted molar refractivity (Wildman–Crippen MR) is 140 cm³/mol. The van der Waals surface area contributed by atoms with Gasteiger partial charge in [0.15, 0.2) is 0 Å². The molecule has 0 bridgehead atoms. The van der Waals surface area contributed by atoms with Gasteiger partial charge < -0.3 is 10.0 Å². The zero-order chi connectivity index (χ0) is 27.7. The summed E-state index contributed by atoms with van der Waals surface area (Å²) in [7, 11) is 0. The highest BCUT2D eigenvalue weighted by Gasteiger charge is 2.31. The number of hydrogen-bond acceptors (Lipinski definition) is 2. The summed E-state index contributed by atoms with van der Waals surface area (Å²) in [6.45, 7) is 11.9. The Kier molecular flexibility index (Phi) is 17.1. The highest BCUT2D eigenvalue weighted by Crippen LogP contribution is 2.27. The molecule has 0 spiro atoms. The lowest BCUT2D eigenvalue weighted by molar-refractivity contribution is -0.137. The Morgan fingerprint density at radius 1 is 1.17 bits per heavy atom. The lowest BCUT2D eigenvalue weighted by Crippen LogP contribution is -2.27. The molecule has 0 aliphatic carbocycles. The van der Waals surface area contributed by atoms with Crippen LogP contribution in [0.3, 0.4) is 0 Å². The number of carboxylic acid groups (broad SMARTS) is 1. The molecule has 8 heteroatoms. The molecule has 204 valence electrons. The summed E-state index contributed by atoms with van der Waals surface area (Å²) in [6, 6.07) is 12.9.